The van der Waals surface area contributed by atoms with Crippen molar-refractivity contribution in [3.8, 4) is 0 Å². The molecule has 1 aromatic carbocycles. The molecule has 0 heterocycles. The van der Waals surface area contributed by atoms with Gasteiger partial charge in [0, 0.05) is 17.7 Å². The van der Waals surface area contributed by atoms with Crippen LogP contribution >= 0.6 is 0 Å². The van der Waals surface area contributed by atoms with Gasteiger partial charge in [-0.25, -0.2) is 0 Å². The predicted molar refractivity (Wildman–Crippen MR) is 65.4 cm³/mol. The van der Waals surface area contributed by atoms with Crippen molar-refractivity contribution in [2.24, 2.45) is 0 Å². The van der Waals surface area contributed by atoms with E-state index in [1.165, 1.54) is 0 Å². The zero-order valence-corrected chi connectivity index (χ0v) is 9.22. The molecule has 1 aliphatic carbocycles. The Morgan fingerprint density at radius 2 is 1.82 bits per heavy atom. The van der Waals surface area contributed by atoms with Crippen LogP contribution in [-0.4, -0.2) is 11.6 Å². The van der Waals surface area contributed by atoms with Gasteiger partial charge in [0.25, 0.3) is 0 Å². The highest BCUT2D eigenvalue weighted by Crippen LogP contribution is 2.10. The van der Waals surface area contributed by atoms with Crippen molar-refractivity contribution in [2.45, 2.75) is 6.42 Å². The smallest absolute Gasteiger partial charge is 0.226 e. The molecule has 0 bridgehead atoms. The quantitative estimate of drug-likeness (QED) is 0.447. The predicted octanol–water partition coefficient (Wildman–Crippen LogP) is 2.68. The molecule has 1 aliphatic rings. The lowest BCUT2D eigenvalue weighted by molar-refractivity contribution is -0.114. The van der Waals surface area contributed by atoms with Crippen molar-refractivity contribution in [3.63, 3.8) is 0 Å². The molecule has 0 spiro atoms. The van der Waals surface area contributed by atoms with E-state index in [2.05, 4.69) is 6.08 Å². The number of carbonyl (C=O) groups excluding carboxylic acids is 2. The van der Waals surface area contributed by atoms with Crippen molar-refractivity contribution >= 4 is 11.6 Å². The summed E-state index contributed by atoms with van der Waals surface area (Å²) >= 11 is 0. The Morgan fingerprint density at radius 1 is 1.06 bits per heavy atom. The molecule has 0 amide bonds. The zero-order valence-electron chi connectivity index (χ0n) is 9.22. The van der Waals surface area contributed by atoms with Crippen LogP contribution in [0.2, 0.25) is 0 Å². The Labute approximate surface area is 100.0 Å². The van der Waals surface area contributed by atoms with Gasteiger partial charge in [-0.2, -0.15) is 0 Å². The highest BCUT2D eigenvalue weighted by atomic mass is 16.1. The van der Waals surface area contributed by atoms with Crippen LogP contribution in [0.3, 0.4) is 0 Å². The largest absolute Gasteiger partial charge is 0.294 e. The van der Waals surface area contributed by atoms with E-state index in [1.807, 2.05) is 6.07 Å². The lowest BCUT2D eigenvalue weighted by Gasteiger charge is -1.98. The van der Waals surface area contributed by atoms with Gasteiger partial charge in [0.05, 0.1) is 12.5 Å². The second-order valence-corrected chi connectivity index (χ2v) is 3.68. The number of rotatable bonds is 4. The van der Waals surface area contributed by atoms with Crippen LogP contribution in [0, 0.1) is 6.08 Å². The molecule has 0 atom stereocenters. The minimum Gasteiger partial charge on any atom is -0.294 e. The Bertz CT molecular complexity index is 519. The zero-order chi connectivity index (χ0) is 12.1. The van der Waals surface area contributed by atoms with Gasteiger partial charge in [0.1, 0.15) is 17.7 Å². The van der Waals surface area contributed by atoms with Gasteiger partial charge >= 0.3 is 0 Å². The van der Waals surface area contributed by atoms with E-state index < -0.39 is 0 Å². The number of benzene rings is 1. The lowest BCUT2D eigenvalue weighted by Crippen LogP contribution is -2.09. The average molecular weight is 223 g/mol. The third-order valence-electron chi connectivity index (χ3n) is 2.45. The molecule has 0 aliphatic heterocycles. The summed E-state index contributed by atoms with van der Waals surface area (Å²) in [7, 11) is 0. The fourth-order valence-corrected chi connectivity index (χ4v) is 1.54. The third-order valence-corrected chi connectivity index (χ3v) is 2.45. The van der Waals surface area contributed by atoms with Crippen LogP contribution in [0.5, 0.6) is 0 Å². The lowest BCUT2D eigenvalue weighted by atomic mass is 10.00. The topological polar surface area (TPSA) is 34.1 Å². The summed E-state index contributed by atoms with van der Waals surface area (Å²) in [6, 6.07) is 8.84. The third kappa shape index (κ3) is 2.83. The standard InChI is InChI=1S/C15H11O2/c16-14(12-7-3-1-4-8-12)11-15(17)13-9-5-2-6-10-13/h1-5,7-10H,11H2/q+1. The highest BCUT2D eigenvalue weighted by molar-refractivity contribution is 6.14. The second-order valence-electron chi connectivity index (χ2n) is 3.68. The van der Waals surface area contributed by atoms with Crippen LogP contribution in [0.1, 0.15) is 16.8 Å². The van der Waals surface area contributed by atoms with Gasteiger partial charge < -0.3 is 0 Å². The molecule has 0 radical (unpaired) electrons. The summed E-state index contributed by atoms with van der Waals surface area (Å²) in [4.78, 5) is 23.6. The molecule has 17 heavy (non-hydrogen) atoms. The van der Waals surface area contributed by atoms with Gasteiger partial charge in [-0.3, -0.25) is 9.59 Å². The normalized spacial score (nSPS) is 12.8. The summed E-state index contributed by atoms with van der Waals surface area (Å²) in [6.45, 7) is 0. The first kappa shape index (κ1) is 11.2. The molecular formula is C15H11O2+. The molecule has 82 valence electrons. The Hall–Kier alpha value is -2.31. The van der Waals surface area contributed by atoms with Gasteiger partial charge in [-0.15, -0.1) is 0 Å². The molecular weight excluding hydrogens is 212 g/mol. The van der Waals surface area contributed by atoms with E-state index in [1.54, 1.807) is 48.6 Å². The van der Waals surface area contributed by atoms with Gasteiger partial charge in [-0.1, -0.05) is 30.3 Å². The second kappa shape index (κ2) is 5.15. The van der Waals surface area contributed by atoms with Gasteiger partial charge in [0.2, 0.25) is 5.78 Å². The molecule has 0 unspecified atom stereocenters. The number of hydrogen-bond acceptors (Lipinski definition) is 2. The number of ketones is 2. The van der Waals surface area contributed by atoms with Crippen molar-refractivity contribution in [1.29, 1.82) is 0 Å². The van der Waals surface area contributed by atoms with Gasteiger partial charge in [0.15, 0.2) is 5.78 Å². The van der Waals surface area contributed by atoms with Crippen molar-refractivity contribution in [3.05, 3.63) is 71.8 Å². The Balaban J connectivity index is 2.05. The molecule has 0 aromatic heterocycles. The van der Waals surface area contributed by atoms with Crippen LogP contribution in [-0.2, 0) is 4.79 Å². The summed E-state index contributed by atoms with van der Waals surface area (Å²) in [5.41, 5.74) is 1.09. The van der Waals surface area contributed by atoms with E-state index in [0.717, 1.165) is 0 Å². The molecule has 0 saturated heterocycles. The number of allylic oxidation sites excluding steroid dienone is 6. The molecule has 2 nitrogen and oxygen atoms in total. The maximum Gasteiger partial charge on any atom is 0.226 e. The fourth-order valence-electron chi connectivity index (χ4n) is 1.54. The first-order chi connectivity index (χ1) is 8.27. The SMILES string of the molecule is O=C(CC(=O)c1ccccc1)C1=CC=C[C+]=C1. The maximum absolute atomic E-state index is 11.8. The Kier molecular flexibility index (Phi) is 3.39. The molecule has 2 heteroatoms. The van der Waals surface area contributed by atoms with E-state index in [0.29, 0.717) is 11.1 Å². The summed E-state index contributed by atoms with van der Waals surface area (Å²) < 4.78 is 0. The van der Waals surface area contributed by atoms with E-state index in [9.17, 15) is 9.59 Å². The molecule has 1 aromatic rings. The number of Topliss-reactive ketones (excluding diaryl/α,β-unsaturated/α-hetero) is 2. The Morgan fingerprint density at radius 3 is 2.47 bits per heavy atom. The van der Waals surface area contributed by atoms with Crippen LogP contribution in [0.4, 0.5) is 0 Å². The van der Waals surface area contributed by atoms with Crippen LogP contribution in [0.25, 0.3) is 0 Å². The van der Waals surface area contributed by atoms with E-state index in [-0.39, 0.29) is 18.0 Å². The first-order valence-corrected chi connectivity index (χ1v) is 5.35. The van der Waals surface area contributed by atoms with E-state index >= 15 is 0 Å². The van der Waals surface area contributed by atoms with Gasteiger partial charge in [-0.05, 0) is 0 Å². The summed E-state index contributed by atoms with van der Waals surface area (Å²) in [5.74, 6) is -0.324. The average Bonchev–Trinajstić information content (AvgIpc) is 2.40. The van der Waals surface area contributed by atoms with Crippen molar-refractivity contribution in [2.75, 3.05) is 0 Å². The monoisotopic (exact) mass is 223 g/mol. The summed E-state index contributed by atoms with van der Waals surface area (Å²) in [5, 5.41) is 0. The van der Waals surface area contributed by atoms with E-state index in [4.69, 9.17) is 0 Å². The number of hydrogen-bond donors (Lipinski definition) is 0. The minimum absolute atomic E-state index is 0.0954. The number of carbonyl (C=O) groups is 2. The fraction of sp³-hybridized carbons (Fsp3) is 0.0667. The minimum atomic E-state index is -0.171. The molecule has 0 saturated carbocycles. The van der Waals surface area contributed by atoms with Crippen LogP contribution < -0.4 is 0 Å². The molecule has 0 fully saturated rings. The maximum atomic E-state index is 11.8. The summed E-state index contributed by atoms with van der Waals surface area (Å²) in [6.07, 6.45) is 9.47. The van der Waals surface area contributed by atoms with Crippen molar-refractivity contribution < 1.29 is 9.59 Å². The van der Waals surface area contributed by atoms with Crippen molar-refractivity contribution in [1.82, 2.24) is 0 Å². The van der Waals surface area contributed by atoms with Crippen LogP contribution in [0.15, 0.2) is 60.2 Å². The first-order valence-electron chi connectivity index (χ1n) is 5.35. The highest BCUT2D eigenvalue weighted by Gasteiger charge is 2.18. The molecule has 0 N–H and O–H groups in total. The molecule has 2 rings (SSSR count).